The number of azo groups is 1. The first-order valence-corrected chi connectivity index (χ1v) is 12.4. The summed E-state index contributed by atoms with van der Waals surface area (Å²) >= 11 is 0. The number of phenols is 1. The molecule has 0 spiro atoms. The average molecular weight is 572 g/mol. The number of aromatic hydroxyl groups is 1. The van der Waals surface area contributed by atoms with Crippen LogP contribution in [0.1, 0.15) is 0 Å². The van der Waals surface area contributed by atoms with Crippen molar-refractivity contribution in [3.8, 4) is 5.75 Å². The Hall–Kier alpha value is -0.150. The molecule has 0 aliphatic heterocycles. The minimum atomic E-state index is -5.09. The zero-order valence-electron chi connectivity index (χ0n) is 18.5. The van der Waals surface area contributed by atoms with Crippen LogP contribution in [0.5, 0.6) is 5.75 Å². The predicted octanol–water partition coefficient (Wildman–Crippen LogP) is 1.14. The Kier molecular flexibility index (Phi) is 12.5. The third-order valence-corrected chi connectivity index (χ3v) is 6.73. The van der Waals surface area contributed by atoms with Gasteiger partial charge in [0.2, 0.25) is 0 Å². The van der Waals surface area contributed by atoms with Gasteiger partial charge in [-0.2, -0.15) is 25.3 Å². The average Bonchev–Trinajstić information content (AvgIpc) is 2.64. The van der Waals surface area contributed by atoms with Crippen molar-refractivity contribution in [2.75, 3.05) is 5.73 Å². The summed E-state index contributed by atoms with van der Waals surface area (Å²) in [6.45, 7) is 0. The van der Waals surface area contributed by atoms with E-state index in [1.54, 1.807) is 0 Å². The zero-order chi connectivity index (χ0) is 24.1. The molecule has 173 valence electrons. The summed E-state index contributed by atoms with van der Waals surface area (Å²) in [6.07, 6.45) is 0. The van der Waals surface area contributed by atoms with Crippen LogP contribution < -0.4 is 5.73 Å². The molecule has 0 fully saturated rings. The van der Waals surface area contributed by atoms with E-state index in [0.29, 0.717) is 0 Å². The van der Waals surface area contributed by atoms with Gasteiger partial charge in [-0.05, 0) is 35.7 Å². The Morgan fingerprint density at radius 3 is 1.77 bits per heavy atom. The Labute approximate surface area is 266 Å². The first kappa shape index (κ1) is 34.9. The van der Waals surface area contributed by atoms with E-state index in [0.717, 1.165) is 30.3 Å². The van der Waals surface area contributed by atoms with Crippen LogP contribution in [-0.4, -0.2) is 133 Å². The summed E-state index contributed by atoms with van der Waals surface area (Å²) in [6, 6.07) is 7.02. The number of benzene rings is 3. The van der Waals surface area contributed by atoms with Gasteiger partial charge >= 0.3 is 0 Å². The SMILES string of the molecule is Nc1cc(S(=O)(=O)O)cc2cc(S(=O)(=O)O)c(N=Nc3ccccc3S(=O)(=O)O)c(O)c12.[Na].[Na].[Na]. The van der Waals surface area contributed by atoms with Gasteiger partial charge < -0.3 is 10.8 Å². The number of anilines is 1. The fourth-order valence-corrected chi connectivity index (χ4v) is 4.63. The maximum atomic E-state index is 11.9. The maximum absolute atomic E-state index is 11.9. The van der Waals surface area contributed by atoms with Crippen molar-refractivity contribution >= 4 is 147 Å². The van der Waals surface area contributed by atoms with Crippen LogP contribution in [0.25, 0.3) is 10.8 Å². The molecule has 0 amide bonds. The molecule has 3 aromatic carbocycles. The van der Waals surface area contributed by atoms with Crippen LogP contribution in [0.15, 0.2) is 67.4 Å². The van der Waals surface area contributed by atoms with Crippen molar-refractivity contribution in [3.63, 3.8) is 0 Å². The molecule has 0 unspecified atom stereocenters. The van der Waals surface area contributed by atoms with E-state index in [4.69, 9.17) is 5.73 Å². The topological polar surface area (TPSA) is 234 Å². The number of hydrogen-bond acceptors (Lipinski definition) is 10. The number of rotatable bonds is 5. The number of hydrogen-bond donors (Lipinski definition) is 5. The minimum Gasteiger partial charge on any atom is -0.505 e. The summed E-state index contributed by atoms with van der Waals surface area (Å²) in [4.78, 5) is -2.41. The van der Waals surface area contributed by atoms with Crippen LogP contribution in [0.2, 0.25) is 0 Å². The van der Waals surface area contributed by atoms with Crippen molar-refractivity contribution in [2.24, 2.45) is 10.2 Å². The van der Waals surface area contributed by atoms with Gasteiger partial charge in [0, 0.05) is 99.7 Å². The molecule has 19 heteroatoms. The molecule has 0 bridgehead atoms. The molecule has 35 heavy (non-hydrogen) atoms. The number of phenolic OH excluding ortho intramolecular Hbond substituents is 1. The number of nitrogens with two attached hydrogens (primary N) is 1. The Balaban J connectivity index is 0.00000385. The van der Waals surface area contributed by atoms with E-state index in [1.165, 1.54) is 12.1 Å². The minimum absolute atomic E-state index is 0. The Morgan fingerprint density at radius 2 is 1.26 bits per heavy atom. The fourth-order valence-electron chi connectivity index (χ4n) is 2.80. The van der Waals surface area contributed by atoms with Crippen molar-refractivity contribution in [2.45, 2.75) is 14.7 Å². The largest absolute Gasteiger partial charge is 0.505 e. The fraction of sp³-hybridized carbons (Fsp3) is 0. The second kappa shape index (κ2) is 12.6. The molecule has 0 aliphatic carbocycles. The first-order valence-electron chi connectivity index (χ1n) is 8.13. The van der Waals surface area contributed by atoms with Crippen LogP contribution in [0.3, 0.4) is 0 Å². The molecule has 13 nitrogen and oxygen atoms in total. The molecule has 6 N–H and O–H groups in total. The summed E-state index contributed by atoms with van der Waals surface area (Å²) in [5, 5.41) is 17.1. The monoisotopic (exact) mass is 572 g/mol. The quantitative estimate of drug-likeness (QED) is 0.126. The van der Waals surface area contributed by atoms with Crippen LogP contribution >= 0.6 is 0 Å². The number of fused-ring (bicyclic) bond motifs is 1. The van der Waals surface area contributed by atoms with E-state index in [-0.39, 0.29) is 99.4 Å². The van der Waals surface area contributed by atoms with Crippen molar-refractivity contribution < 1.29 is 44.0 Å². The first-order chi connectivity index (χ1) is 14.6. The summed E-state index contributed by atoms with van der Waals surface area (Å²) < 4.78 is 97.5. The van der Waals surface area contributed by atoms with Crippen molar-refractivity contribution in [1.29, 1.82) is 0 Å². The maximum Gasteiger partial charge on any atom is 0.296 e. The summed E-state index contributed by atoms with van der Waals surface area (Å²) in [5.41, 5.74) is 4.06. The second-order valence-corrected chi connectivity index (χ2v) is 10.5. The zero-order valence-corrected chi connectivity index (χ0v) is 26.9. The van der Waals surface area contributed by atoms with Crippen LogP contribution in [0, 0.1) is 0 Å². The number of nitrogen functional groups attached to an aromatic ring is 1. The molecule has 0 saturated carbocycles. The molecule has 0 heterocycles. The van der Waals surface area contributed by atoms with Gasteiger partial charge in [0.1, 0.15) is 21.2 Å². The molecule has 0 atom stereocenters. The molecular weight excluding hydrogens is 559 g/mol. The van der Waals surface area contributed by atoms with Crippen LogP contribution in [0.4, 0.5) is 17.1 Å². The van der Waals surface area contributed by atoms with E-state index < -0.39 is 67.9 Å². The molecule has 0 aliphatic rings. The third-order valence-electron chi connectivity index (χ3n) is 4.13. The van der Waals surface area contributed by atoms with E-state index in [2.05, 4.69) is 10.2 Å². The van der Waals surface area contributed by atoms with E-state index >= 15 is 0 Å². The second-order valence-electron chi connectivity index (χ2n) is 6.28. The Bertz CT molecular complexity index is 1630. The van der Waals surface area contributed by atoms with Gasteiger partial charge in [0.15, 0.2) is 5.75 Å². The van der Waals surface area contributed by atoms with Gasteiger partial charge in [-0.3, -0.25) is 13.7 Å². The molecular formula is C16H13N3Na3O10S3. The summed E-state index contributed by atoms with van der Waals surface area (Å²) in [5.74, 6) is -0.942. The normalized spacial score (nSPS) is 12.0. The Morgan fingerprint density at radius 1 is 0.714 bits per heavy atom. The van der Waals surface area contributed by atoms with Gasteiger partial charge in [0.25, 0.3) is 30.4 Å². The molecule has 0 aromatic heterocycles. The number of nitrogens with zero attached hydrogens (tertiary/aromatic N) is 2. The van der Waals surface area contributed by atoms with Gasteiger partial charge in [-0.15, -0.1) is 10.2 Å². The van der Waals surface area contributed by atoms with E-state index in [9.17, 15) is 44.0 Å². The summed E-state index contributed by atoms with van der Waals surface area (Å²) in [7, 11) is -14.6. The molecule has 3 aromatic rings. The predicted molar refractivity (Wildman–Crippen MR) is 127 cm³/mol. The van der Waals surface area contributed by atoms with Crippen molar-refractivity contribution in [1.82, 2.24) is 0 Å². The third kappa shape index (κ3) is 7.92. The van der Waals surface area contributed by atoms with Crippen LogP contribution in [-0.2, 0) is 30.4 Å². The standard InChI is InChI=1S/C16H13N3O10S3.3Na/c17-10-7-9(30(21,22)23)5-8-6-13(32(27,28)29)15(16(20)14(8)10)19-18-11-3-1-2-4-12(11)31(24,25)26;;;/h1-7,20H,17H2,(H,21,22,23)(H,24,25,26)(H,27,28,29);;;. The van der Waals surface area contributed by atoms with Crippen molar-refractivity contribution in [3.05, 3.63) is 42.5 Å². The van der Waals surface area contributed by atoms with Gasteiger partial charge in [-0.25, -0.2) is 0 Å². The smallest absolute Gasteiger partial charge is 0.296 e. The molecule has 3 radical (unpaired) electrons. The molecule has 0 saturated heterocycles. The van der Waals surface area contributed by atoms with Gasteiger partial charge in [-0.1, -0.05) is 12.1 Å². The van der Waals surface area contributed by atoms with E-state index in [1.807, 2.05) is 0 Å². The van der Waals surface area contributed by atoms with Gasteiger partial charge in [0.05, 0.1) is 4.90 Å². The molecule has 3 rings (SSSR count).